The monoisotopic (exact) mass is 408 g/mol. The van der Waals surface area contributed by atoms with Crippen molar-refractivity contribution in [2.24, 2.45) is 23.2 Å². The van der Waals surface area contributed by atoms with Crippen molar-refractivity contribution in [1.29, 1.82) is 0 Å². The summed E-state index contributed by atoms with van der Waals surface area (Å²) in [4.78, 5) is 26.4. The van der Waals surface area contributed by atoms with E-state index in [2.05, 4.69) is 18.8 Å². The third-order valence-electron chi connectivity index (χ3n) is 6.29. The van der Waals surface area contributed by atoms with Gasteiger partial charge in [0.25, 0.3) is 0 Å². The lowest BCUT2D eigenvalue weighted by Gasteiger charge is -2.26. The number of esters is 1. The molecule has 0 spiro atoms. The lowest BCUT2D eigenvalue weighted by molar-refractivity contribution is -0.149. The highest BCUT2D eigenvalue weighted by atomic mass is 16.6. The van der Waals surface area contributed by atoms with Gasteiger partial charge >= 0.3 is 5.97 Å². The number of hydrogen-bond acceptors (Lipinski definition) is 5. The van der Waals surface area contributed by atoms with Gasteiger partial charge in [0.1, 0.15) is 11.5 Å². The van der Waals surface area contributed by atoms with Gasteiger partial charge in [-0.25, -0.2) is 0 Å². The van der Waals surface area contributed by atoms with Crippen molar-refractivity contribution in [3.8, 4) is 17.6 Å². The molecule has 3 aliphatic rings. The van der Waals surface area contributed by atoms with Gasteiger partial charge < -0.3 is 14.2 Å². The number of Topliss-reactive ketones (excluding diaryl/α,β-unsaturated/α-hetero) is 1. The number of ether oxygens (including phenoxy) is 3. The Morgan fingerprint density at radius 1 is 1.23 bits per heavy atom. The van der Waals surface area contributed by atoms with E-state index in [9.17, 15) is 9.59 Å². The van der Waals surface area contributed by atoms with E-state index in [1.807, 2.05) is 39.0 Å². The fourth-order valence-corrected chi connectivity index (χ4v) is 4.85. The summed E-state index contributed by atoms with van der Waals surface area (Å²) in [5.74, 6) is 6.26. The van der Waals surface area contributed by atoms with Crippen LogP contribution < -0.4 is 4.74 Å². The number of methoxy groups -OCH3 is 1. The molecule has 0 aromatic heterocycles. The lowest BCUT2D eigenvalue weighted by Crippen LogP contribution is -2.35. The predicted octanol–water partition coefficient (Wildman–Crippen LogP) is 3.99. The average molecular weight is 408 g/mol. The molecule has 1 aromatic carbocycles. The van der Waals surface area contributed by atoms with Crippen LogP contribution in [0.25, 0.3) is 5.57 Å². The van der Waals surface area contributed by atoms with Crippen LogP contribution >= 0.6 is 0 Å². The van der Waals surface area contributed by atoms with E-state index >= 15 is 0 Å². The molecule has 30 heavy (non-hydrogen) atoms. The Balaban J connectivity index is 1.86. The molecule has 5 heteroatoms. The summed E-state index contributed by atoms with van der Waals surface area (Å²) in [7, 11) is 1.57. The molecule has 158 valence electrons. The minimum atomic E-state index is -0.685. The number of rotatable bonds is 3. The van der Waals surface area contributed by atoms with Crippen LogP contribution in [0, 0.1) is 35.0 Å². The zero-order valence-electron chi connectivity index (χ0n) is 18.4. The molecule has 0 N–H and O–H groups in total. The summed E-state index contributed by atoms with van der Waals surface area (Å²) in [5, 5.41) is 0. The molecule has 0 saturated carbocycles. The molecule has 2 bridgehead atoms. The van der Waals surface area contributed by atoms with Crippen molar-refractivity contribution in [2.75, 3.05) is 7.11 Å². The van der Waals surface area contributed by atoms with Gasteiger partial charge in [-0.2, -0.15) is 0 Å². The first kappa shape index (κ1) is 20.7. The highest BCUT2D eigenvalue weighted by Gasteiger charge is 2.62. The fourth-order valence-electron chi connectivity index (χ4n) is 4.85. The van der Waals surface area contributed by atoms with Gasteiger partial charge in [0.05, 0.1) is 42.1 Å². The second-order valence-corrected chi connectivity index (χ2v) is 9.44. The average Bonchev–Trinajstić information content (AvgIpc) is 3.32. The van der Waals surface area contributed by atoms with Gasteiger partial charge in [-0.05, 0) is 58.2 Å². The molecule has 5 atom stereocenters. The standard InChI is InChI=1S/C25H28O5/c1-7-8-14-9-10-15(16(12-14)28-6)18-21(26)20-19(17-11-13(2)22(20)29-17)23(18)30-24(27)25(3,4)5/h9-10,12-13,17,19-20,22H,11H2,1-6H3. The molecular formula is C25H28O5. The number of fused-ring (bicyclic) bond motifs is 5. The van der Waals surface area contributed by atoms with Gasteiger partial charge in [0.2, 0.25) is 0 Å². The maximum absolute atomic E-state index is 13.6. The molecule has 1 aliphatic carbocycles. The van der Waals surface area contributed by atoms with E-state index in [1.54, 1.807) is 14.0 Å². The van der Waals surface area contributed by atoms with Crippen LogP contribution in [0.5, 0.6) is 5.75 Å². The molecule has 2 fully saturated rings. The number of allylic oxidation sites excluding steroid dienone is 1. The molecule has 0 amide bonds. The van der Waals surface area contributed by atoms with Crippen LogP contribution in [0.2, 0.25) is 0 Å². The minimum absolute atomic E-state index is 0.0246. The van der Waals surface area contributed by atoms with Crippen LogP contribution in [0.3, 0.4) is 0 Å². The Labute approximate surface area is 177 Å². The van der Waals surface area contributed by atoms with Crippen molar-refractivity contribution < 1.29 is 23.8 Å². The SMILES string of the molecule is CC#Cc1ccc(C2=C(OC(=O)C(C)(C)C)C3C4CC(C)C(O4)C3C2=O)c(OC)c1. The van der Waals surface area contributed by atoms with Gasteiger partial charge in [-0.3, -0.25) is 9.59 Å². The zero-order chi connectivity index (χ0) is 21.8. The smallest absolute Gasteiger partial charge is 0.316 e. The van der Waals surface area contributed by atoms with Gasteiger partial charge in [0.15, 0.2) is 5.78 Å². The van der Waals surface area contributed by atoms with Crippen molar-refractivity contribution in [1.82, 2.24) is 0 Å². The summed E-state index contributed by atoms with van der Waals surface area (Å²) in [5.41, 5.74) is 1.20. The van der Waals surface area contributed by atoms with E-state index in [4.69, 9.17) is 14.2 Å². The molecule has 2 saturated heterocycles. The van der Waals surface area contributed by atoms with Crippen LogP contribution in [-0.4, -0.2) is 31.1 Å². The Hall–Kier alpha value is -2.58. The number of benzene rings is 1. The predicted molar refractivity (Wildman–Crippen MR) is 112 cm³/mol. The molecule has 5 unspecified atom stereocenters. The Morgan fingerprint density at radius 2 is 1.97 bits per heavy atom. The molecule has 2 aliphatic heterocycles. The summed E-state index contributed by atoms with van der Waals surface area (Å²) >= 11 is 0. The summed E-state index contributed by atoms with van der Waals surface area (Å²) in [6.07, 6.45) is 0.630. The number of ketones is 1. The fraction of sp³-hybridized carbons (Fsp3) is 0.520. The summed E-state index contributed by atoms with van der Waals surface area (Å²) < 4.78 is 17.7. The summed E-state index contributed by atoms with van der Waals surface area (Å²) in [6.45, 7) is 9.31. The molecule has 0 radical (unpaired) electrons. The lowest BCUT2D eigenvalue weighted by atomic mass is 9.75. The van der Waals surface area contributed by atoms with Crippen LogP contribution in [0.4, 0.5) is 0 Å². The van der Waals surface area contributed by atoms with E-state index in [0.29, 0.717) is 28.6 Å². The van der Waals surface area contributed by atoms with Crippen LogP contribution in [0.1, 0.15) is 52.2 Å². The van der Waals surface area contributed by atoms with Crippen molar-refractivity contribution in [3.63, 3.8) is 0 Å². The Bertz CT molecular complexity index is 1000. The Kier molecular flexibility index (Phi) is 5.02. The third-order valence-corrected chi connectivity index (χ3v) is 6.29. The topological polar surface area (TPSA) is 61.8 Å². The number of carbonyl (C=O) groups excluding carboxylic acids is 2. The van der Waals surface area contributed by atoms with Gasteiger partial charge in [-0.1, -0.05) is 12.8 Å². The van der Waals surface area contributed by atoms with Crippen LogP contribution in [-0.2, 0) is 19.1 Å². The highest BCUT2D eigenvalue weighted by molar-refractivity contribution is 6.26. The summed E-state index contributed by atoms with van der Waals surface area (Å²) in [6, 6.07) is 5.51. The quantitative estimate of drug-likeness (QED) is 0.559. The van der Waals surface area contributed by atoms with E-state index < -0.39 is 5.41 Å². The first-order valence-electron chi connectivity index (χ1n) is 10.4. The highest BCUT2D eigenvalue weighted by Crippen LogP contribution is 2.57. The second-order valence-electron chi connectivity index (χ2n) is 9.44. The molecule has 5 nitrogen and oxygen atoms in total. The van der Waals surface area contributed by atoms with E-state index in [0.717, 1.165) is 12.0 Å². The van der Waals surface area contributed by atoms with E-state index in [-0.39, 0.29) is 35.8 Å². The first-order chi connectivity index (χ1) is 14.2. The van der Waals surface area contributed by atoms with E-state index in [1.165, 1.54) is 0 Å². The number of carbonyl (C=O) groups is 2. The normalized spacial score (nSPS) is 29.5. The van der Waals surface area contributed by atoms with Gasteiger partial charge in [-0.15, -0.1) is 5.92 Å². The Morgan fingerprint density at radius 3 is 2.60 bits per heavy atom. The minimum Gasteiger partial charge on any atom is -0.496 e. The molecule has 4 rings (SSSR count). The largest absolute Gasteiger partial charge is 0.496 e. The second kappa shape index (κ2) is 7.28. The number of hydrogen-bond donors (Lipinski definition) is 0. The van der Waals surface area contributed by atoms with Crippen LogP contribution in [0.15, 0.2) is 24.0 Å². The van der Waals surface area contributed by atoms with Crippen molar-refractivity contribution in [2.45, 2.75) is 53.2 Å². The van der Waals surface area contributed by atoms with Crippen molar-refractivity contribution in [3.05, 3.63) is 35.1 Å². The first-order valence-corrected chi connectivity index (χ1v) is 10.4. The third kappa shape index (κ3) is 3.15. The molecule has 2 heterocycles. The zero-order valence-corrected chi connectivity index (χ0v) is 18.4. The maximum Gasteiger partial charge on any atom is 0.316 e. The maximum atomic E-state index is 13.6. The molecule has 1 aromatic rings. The van der Waals surface area contributed by atoms with Gasteiger partial charge in [0, 0.05) is 11.1 Å². The van der Waals surface area contributed by atoms with Crippen molar-refractivity contribution >= 4 is 17.3 Å². The molecular weight excluding hydrogens is 380 g/mol.